The predicted molar refractivity (Wildman–Crippen MR) is 92.6 cm³/mol. The summed E-state index contributed by atoms with van der Waals surface area (Å²) in [5.74, 6) is -0.456. The number of alkyl halides is 3. The Bertz CT molecular complexity index is 1060. The third-order valence-electron chi connectivity index (χ3n) is 3.78. The number of benzene rings is 2. The highest BCUT2D eigenvalue weighted by atomic mass is 19.4. The highest BCUT2D eigenvalue weighted by molar-refractivity contribution is 6.06. The molecule has 0 fully saturated rings. The van der Waals surface area contributed by atoms with Crippen molar-refractivity contribution in [2.24, 2.45) is 0 Å². The minimum Gasteiger partial charge on any atom is -0.490 e. The van der Waals surface area contributed by atoms with Crippen molar-refractivity contribution in [1.29, 1.82) is 5.41 Å². The van der Waals surface area contributed by atoms with E-state index in [0.29, 0.717) is 17.7 Å². The molecule has 0 saturated heterocycles. The van der Waals surface area contributed by atoms with Crippen LogP contribution in [-0.4, -0.2) is 12.5 Å². The zero-order valence-electron chi connectivity index (χ0n) is 14.2. The summed E-state index contributed by atoms with van der Waals surface area (Å²) in [7, 11) is 0. The summed E-state index contributed by atoms with van der Waals surface area (Å²) in [6.07, 6.45) is -4.62. The first-order valence-electron chi connectivity index (χ1n) is 8.03. The van der Waals surface area contributed by atoms with Gasteiger partial charge in [0.2, 0.25) is 5.55 Å². The van der Waals surface area contributed by atoms with Crippen LogP contribution in [0.2, 0.25) is 0 Å². The molecule has 0 radical (unpaired) electrons. The van der Waals surface area contributed by atoms with Gasteiger partial charge in [0.1, 0.15) is 5.56 Å². The minimum absolute atomic E-state index is 0.187. The van der Waals surface area contributed by atoms with Gasteiger partial charge in [0.05, 0.1) is 17.9 Å². The summed E-state index contributed by atoms with van der Waals surface area (Å²) in [6, 6.07) is 11.0. The van der Waals surface area contributed by atoms with Gasteiger partial charge in [0.15, 0.2) is 11.3 Å². The molecule has 0 unspecified atom stereocenters. The van der Waals surface area contributed by atoms with Crippen LogP contribution in [0.1, 0.15) is 22.8 Å². The normalized spacial score (nSPS) is 11.4. The number of rotatable bonds is 4. The monoisotopic (exact) mass is 376 g/mol. The molecule has 0 aliphatic rings. The lowest BCUT2D eigenvalue weighted by Crippen LogP contribution is -2.22. The van der Waals surface area contributed by atoms with E-state index in [4.69, 9.17) is 14.6 Å². The fourth-order valence-electron chi connectivity index (χ4n) is 2.60. The number of anilines is 1. The third-order valence-corrected chi connectivity index (χ3v) is 3.78. The van der Waals surface area contributed by atoms with Crippen LogP contribution in [0.3, 0.4) is 0 Å². The van der Waals surface area contributed by atoms with Gasteiger partial charge in [-0.1, -0.05) is 24.3 Å². The maximum Gasteiger partial charge on any atom is 0.418 e. The summed E-state index contributed by atoms with van der Waals surface area (Å²) < 4.78 is 50.1. The molecule has 27 heavy (non-hydrogen) atoms. The van der Waals surface area contributed by atoms with Crippen LogP contribution in [0.5, 0.6) is 5.75 Å². The van der Waals surface area contributed by atoms with E-state index in [1.807, 2.05) is 0 Å². The predicted octanol–water partition coefficient (Wildman–Crippen LogP) is 4.58. The number of hydrogen-bond donors (Lipinski definition) is 2. The lowest BCUT2D eigenvalue weighted by atomic mass is 10.1. The maximum absolute atomic E-state index is 13.1. The quantitative estimate of drug-likeness (QED) is 0.700. The van der Waals surface area contributed by atoms with Crippen molar-refractivity contribution in [2.75, 3.05) is 11.9 Å². The van der Waals surface area contributed by atoms with Crippen LogP contribution in [0.25, 0.3) is 11.0 Å². The fraction of sp³-hybridized carbons (Fsp3) is 0.158. The number of ether oxygens (including phenoxy) is 1. The van der Waals surface area contributed by atoms with E-state index in [9.17, 15) is 18.0 Å². The van der Waals surface area contributed by atoms with Crippen LogP contribution in [-0.2, 0) is 6.18 Å². The lowest BCUT2D eigenvalue weighted by molar-refractivity contribution is -0.136. The Morgan fingerprint density at radius 3 is 2.63 bits per heavy atom. The molecule has 8 heteroatoms. The van der Waals surface area contributed by atoms with Gasteiger partial charge in [0, 0.05) is 5.39 Å². The maximum atomic E-state index is 13.1. The standard InChI is InChI=1S/C19H15F3N2O3/c1-2-26-15-9-5-6-11-10-12(17(23)27-16(11)15)18(25)24-14-8-4-3-7-13(14)19(20,21)22/h3-10,23H,2H2,1H3,(H,24,25). The number of hydrogen-bond acceptors (Lipinski definition) is 4. The number of amides is 1. The molecular formula is C19H15F3N2O3. The van der Waals surface area contributed by atoms with Crippen molar-refractivity contribution in [3.8, 4) is 5.75 Å². The number of nitrogens with one attached hydrogen (secondary N) is 2. The molecule has 5 nitrogen and oxygen atoms in total. The molecule has 3 rings (SSSR count). The Balaban J connectivity index is 2.00. The van der Waals surface area contributed by atoms with Gasteiger partial charge in [-0.2, -0.15) is 13.2 Å². The number of para-hydroxylation sites is 2. The molecule has 0 atom stereocenters. The Hall–Kier alpha value is -3.29. The number of carbonyl (C=O) groups excluding carboxylic acids is 1. The topological polar surface area (TPSA) is 75.3 Å². The lowest BCUT2D eigenvalue weighted by Gasteiger charge is -2.13. The van der Waals surface area contributed by atoms with Crippen molar-refractivity contribution in [3.63, 3.8) is 0 Å². The summed E-state index contributed by atoms with van der Waals surface area (Å²) >= 11 is 0. The second kappa shape index (κ2) is 7.14. The minimum atomic E-state index is -4.62. The second-order valence-electron chi connectivity index (χ2n) is 5.59. The second-order valence-corrected chi connectivity index (χ2v) is 5.59. The molecule has 1 aromatic heterocycles. The highest BCUT2D eigenvalue weighted by Crippen LogP contribution is 2.34. The van der Waals surface area contributed by atoms with E-state index < -0.39 is 28.9 Å². The highest BCUT2D eigenvalue weighted by Gasteiger charge is 2.33. The van der Waals surface area contributed by atoms with E-state index in [1.165, 1.54) is 18.2 Å². The molecule has 0 saturated carbocycles. The number of carbonyl (C=O) groups is 1. The average molecular weight is 376 g/mol. The van der Waals surface area contributed by atoms with Crippen molar-refractivity contribution < 1.29 is 27.1 Å². The van der Waals surface area contributed by atoms with E-state index >= 15 is 0 Å². The fourth-order valence-corrected chi connectivity index (χ4v) is 2.60. The summed E-state index contributed by atoms with van der Waals surface area (Å²) in [6.45, 7) is 2.18. The smallest absolute Gasteiger partial charge is 0.418 e. The van der Waals surface area contributed by atoms with Gasteiger partial charge in [0.25, 0.3) is 5.91 Å². The van der Waals surface area contributed by atoms with Crippen LogP contribution in [0, 0.1) is 5.41 Å². The molecule has 0 bridgehead atoms. The van der Waals surface area contributed by atoms with Crippen LogP contribution in [0.4, 0.5) is 18.9 Å². The Morgan fingerprint density at radius 2 is 1.93 bits per heavy atom. The SMILES string of the molecule is CCOc1cccc2cc(C(=O)Nc3ccccc3C(F)(F)F)c(=N)oc12. The molecule has 2 aromatic carbocycles. The molecule has 0 aliphatic heterocycles. The molecule has 0 aliphatic carbocycles. The molecule has 1 heterocycles. The molecule has 0 spiro atoms. The molecular weight excluding hydrogens is 361 g/mol. The average Bonchev–Trinajstić information content (AvgIpc) is 2.61. The first-order valence-corrected chi connectivity index (χ1v) is 8.03. The van der Waals surface area contributed by atoms with Crippen molar-refractivity contribution in [3.05, 3.63) is 65.2 Å². The molecule has 2 N–H and O–H groups in total. The first-order chi connectivity index (χ1) is 12.8. The van der Waals surface area contributed by atoms with Gasteiger partial charge < -0.3 is 14.5 Å². The van der Waals surface area contributed by atoms with Gasteiger partial charge in [-0.25, -0.2) is 0 Å². The van der Waals surface area contributed by atoms with E-state index in [1.54, 1.807) is 25.1 Å². The van der Waals surface area contributed by atoms with Crippen LogP contribution < -0.4 is 15.6 Å². The zero-order chi connectivity index (χ0) is 19.6. The third kappa shape index (κ3) is 3.79. The van der Waals surface area contributed by atoms with Crippen molar-refractivity contribution in [1.82, 2.24) is 0 Å². The number of halogens is 3. The van der Waals surface area contributed by atoms with Gasteiger partial charge in [-0.3, -0.25) is 10.2 Å². The Morgan fingerprint density at radius 1 is 1.19 bits per heavy atom. The summed E-state index contributed by atoms with van der Waals surface area (Å²) in [5.41, 5.74) is -1.74. The first kappa shape index (κ1) is 18.5. The van der Waals surface area contributed by atoms with Gasteiger partial charge in [-0.05, 0) is 31.2 Å². The Kier molecular flexibility index (Phi) is 4.89. The van der Waals surface area contributed by atoms with Gasteiger partial charge >= 0.3 is 6.18 Å². The molecule has 1 amide bonds. The Labute approximate surface area is 151 Å². The zero-order valence-corrected chi connectivity index (χ0v) is 14.2. The molecule has 140 valence electrons. The molecule has 3 aromatic rings. The van der Waals surface area contributed by atoms with E-state index in [0.717, 1.165) is 12.1 Å². The summed E-state index contributed by atoms with van der Waals surface area (Å²) in [5, 5.41) is 10.6. The van der Waals surface area contributed by atoms with Crippen molar-refractivity contribution >= 4 is 22.6 Å². The van der Waals surface area contributed by atoms with E-state index in [2.05, 4.69) is 5.32 Å². The largest absolute Gasteiger partial charge is 0.490 e. The van der Waals surface area contributed by atoms with Crippen molar-refractivity contribution in [2.45, 2.75) is 13.1 Å². The van der Waals surface area contributed by atoms with Gasteiger partial charge in [-0.15, -0.1) is 0 Å². The van der Waals surface area contributed by atoms with Crippen LogP contribution >= 0.6 is 0 Å². The number of fused-ring (bicyclic) bond motifs is 1. The summed E-state index contributed by atoms with van der Waals surface area (Å²) in [4.78, 5) is 12.5. The van der Waals surface area contributed by atoms with E-state index in [-0.39, 0.29) is 11.1 Å². The van der Waals surface area contributed by atoms with Crippen LogP contribution in [0.15, 0.2) is 52.9 Å².